The average molecular weight is 337 g/mol. The average Bonchev–Trinajstić information content (AvgIpc) is 2.46. The summed E-state index contributed by atoms with van der Waals surface area (Å²) in [7, 11) is 0. The predicted molar refractivity (Wildman–Crippen MR) is 97.8 cm³/mol. The minimum Gasteiger partial charge on any atom is -0.283 e. The molecule has 23 heavy (non-hydrogen) atoms. The molecule has 0 spiro atoms. The Bertz CT molecular complexity index is 528. The smallest absolute Gasteiger partial charge is 0.189 e. The lowest BCUT2D eigenvalue weighted by Gasteiger charge is -2.36. The van der Waals surface area contributed by atoms with Crippen molar-refractivity contribution < 1.29 is 8.39 Å². The first-order chi connectivity index (χ1) is 10.7. The van der Waals surface area contributed by atoms with Crippen LogP contribution in [0.15, 0.2) is 29.2 Å². The molecule has 2 nitrogen and oxygen atoms in total. The highest BCUT2D eigenvalue weighted by atomic mass is 32.2. The van der Waals surface area contributed by atoms with Gasteiger partial charge in [-0.1, -0.05) is 60.1 Å². The van der Waals surface area contributed by atoms with Gasteiger partial charge in [0.15, 0.2) is 11.1 Å². The van der Waals surface area contributed by atoms with Gasteiger partial charge in [0, 0.05) is 0 Å². The van der Waals surface area contributed by atoms with Crippen LogP contribution in [-0.4, -0.2) is 10.3 Å². The van der Waals surface area contributed by atoms with Gasteiger partial charge in [0.25, 0.3) is 0 Å². The number of rotatable bonds is 4. The second-order valence-corrected chi connectivity index (χ2v) is 9.60. The van der Waals surface area contributed by atoms with Crippen molar-refractivity contribution in [3.63, 3.8) is 0 Å². The van der Waals surface area contributed by atoms with Crippen LogP contribution in [0.2, 0.25) is 0 Å². The van der Waals surface area contributed by atoms with E-state index in [1.165, 1.54) is 18.4 Å². The van der Waals surface area contributed by atoms with Gasteiger partial charge < -0.3 is 0 Å². The van der Waals surface area contributed by atoms with Gasteiger partial charge in [-0.05, 0) is 53.7 Å². The maximum Gasteiger partial charge on any atom is 0.189 e. The molecule has 0 amide bonds. The fourth-order valence-corrected chi connectivity index (χ4v) is 4.37. The molecule has 0 saturated heterocycles. The van der Waals surface area contributed by atoms with E-state index in [9.17, 15) is 4.21 Å². The Morgan fingerprint density at radius 1 is 1.13 bits per heavy atom. The fourth-order valence-electron chi connectivity index (χ4n) is 3.46. The summed E-state index contributed by atoms with van der Waals surface area (Å²) in [4.78, 5) is 0.777. The Balaban J connectivity index is 2.08. The lowest BCUT2D eigenvalue weighted by atomic mass is 9.75. The third-order valence-corrected chi connectivity index (χ3v) is 6.16. The summed E-state index contributed by atoms with van der Waals surface area (Å²) in [5, 5.41) is 0. The maximum absolute atomic E-state index is 12.6. The lowest BCUT2D eigenvalue weighted by molar-refractivity contribution is 0.0567. The topological polar surface area (TPSA) is 26.3 Å². The maximum atomic E-state index is 12.6. The van der Waals surface area contributed by atoms with Gasteiger partial charge >= 0.3 is 0 Å². The zero-order chi connectivity index (χ0) is 17.2. The van der Waals surface area contributed by atoms with Crippen molar-refractivity contribution in [2.24, 2.45) is 17.8 Å². The van der Waals surface area contributed by atoms with Crippen molar-refractivity contribution in [3.05, 3.63) is 29.8 Å². The first-order valence-corrected chi connectivity index (χ1v) is 9.95. The third-order valence-electron chi connectivity index (χ3n) is 5.09. The van der Waals surface area contributed by atoms with Gasteiger partial charge in [0.05, 0.1) is 11.0 Å². The van der Waals surface area contributed by atoms with E-state index >= 15 is 0 Å². The molecule has 0 aliphatic heterocycles. The van der Waals surface area contributed by atoms with Crippen molar-refractivity contribution >= 4 is 11.1 Å². The Labute approximate surface area is 144 Å². The molecule has 0 heterocycles. The van der Waals surface area contributed by atoms with E-state index in [4.69, 9.17) is 4.18 Å². The highest BCUT2D eigenvalue weighted by Gasteiger charge is 2.33. The van der Waals surface area contributed by atoms with Crippen LogP contribution in [-0.2, 0) is 20.7 Å². The van der Waals surface area contributed by atoms with Gasteiger partial charge in [-0.15, -0.1) is 0 Å². The molecule has 4 atom stereocenters. The predicted octanol–water partition coefficient (Wildman–Crippen LogP) is 5.48. The summed E-state index contributed by atoms with van der Waals surface area (Å²) in [6, 6.07) is 8.04. The zero-order valence-corrected chi connectivity index (χ0v) is 16.3. The summed E-state index contributed by atoms with van der Waals surface area (Å²) in [5.41, 5.74) is 1.37. The molecular weight excluding hydrogens is 304 g/mol. The third kappa shape index (κ3) is 4.90. The highest BCUT2D eigenvalue weighted by Crippen LogP contribution is 2.36. The Hall–Kier alpha value is -0.670. The minimum atomic E-state index is -1.37. The van der Waals surface area contributed by atoms with Crippen molar-refractivity contribution in [2.75, 3.05) is 0 Å². The van der Waals surface area contributed by atoms with E-state index < -0.39 is 11.1 Å². The van der Waals surface area contributed by atoms with Gasteiger partial charge in [-0.2, -0.15) is 0 Å². The van der Waals surface area contributed by atoms with Crippen LogP contribution in [0.3, 0.4) is 0 Å². The van der Waals surface area contributed by atoms with Crippen molar-refractivity contribution in [1.82, 2.24) is 0 Å². The minimum absolute atomic E-state index is 0.113. The molecule has 1 aromatic carbocycles. The molecular formula is C20H32O2S. The number of hydrogen-bond acceptors (Lipinski definition) is 2. The molecule has 1 saturated carbocycles. The molecule has 1 aliphatic rings. The molecule has 1 aliphatic carbocycles. The highest BCUT2D eigenvalue weighted by molar-refractivity contribution is 7.80. The normalized spacial score (nSPS) is 27.2. The summed E-state index contributed by atoms with van der Waals surface area (Å²) in [6.07, 6.45) is 3.58. The Kier molecular flexibility index (Phi) is 6.07. The van der Waals surface area contributed by atoms with Crippen LogP contribution >= 0.6 is 0 Å². The van der Waals surface area contributed by atoms with Crippen molar-refractivity contribution in [2.45, 2.75) is 77.2 Å². The fraction of sp³-hybridized carbons (Fsp3) is 0.700. The molecule has 0 radical (unpaired) electrons. The monoisotopic (exact) mass is 336 g/mol. The van der Waals surface area contributed by atoms with Gasteiger partial charge in [-0.3, -0.25) is 4.18 Å². The van der Waals surface area contributed by atoms with E-state index in [1.807, 2.05) is 12.1 Å². The van der Waals surface area contributed by atoms with Crippen molar-refractivity contribution in [1.29, 1.82) is 0 Å². The second-order valence-electron chi connectivity index (χ2n) is 8.47. The molecule has 3 heteroatoms. The first kappa shape index (κ1) is 18.7. The molecule has 2 rings (SSSR count). The molecule has 1 fully saturated rings. The second kappa shape index (κ2) is 7.48. The number of benzene rings is 1. The van der Waals surface area contributed by atoms with Crippen LogP contribution < -0.4 is 0 Å². The van der Waals surface area contributed by atoms with Crippen LogP contribution in [0, 0.1) is 17.8 Å². The van der Waals surface area contributed by atoms with Crippen LogP contribution in [0.4, 0.5) is 0 Å². The molecule has 0 N–H and O–H groups in total. The van der Waals surface area contributed by atoms with Crippen LogP contribution in [0.25, 0.3) is 0 Å². The molecule has 0 bridgehead atoms. The Morgan fingerprint density at radius 3 is 2.26 bits per heavy atom. The lowest BCUT2D eigenvalue weighted by Crippen LogP contribution is -2.34. The summed E-state index contributed by atoms with van der Waals surface area (Å²) in [5.74, 6) is 1.76. The van der Waals surface area contributed by atoms with Gasteiger partial charge in [0.1, 0.15) is 0 Å². The molecule has 0 aromatic heterocycles. The molecule has 1 unspecified atom stereocenters. The van der Waals surface area contributed by atoms with Crippen LogP contribution in [0.1, 0.15) is 66.4 Å². The largest absolute Gasteiger partial charge is 0.283 e. The summed E-state index contributed by atoms with van der Waals surface area (Å²) in [6.45, 7) is 13.3. The van der Waals surface area contributed by atoms with Crippen LogP contribution in [0.5, 0.6) is 0 Å². The van der Waals surface area contributed by atoms with E-state index in [-0.39, 0.29) is 11.5 Å². The standard InChI is InChI=1S/C20H32O2S/c1-14(2)18-12-7-15(3)13-19(18)22-23(21)17-10-8-16(9-11-17)20(4,5)6/h8-11,14-15,18-19H,7,12-13H2,1-6H3/t15-,18+,19-,23?/m1/s1. The van der Waals surface area contributed by atoms with E-state index in [0.717, 1.165) is 11.3 Å². The van der Waals surface area contributed by atoms with E-state index in [1.54, 1.807) is 0 Å². The van der Waals surface area contributed by atoms with Crippen molar-refractivity contribution in [3.8, 4) is 0 Å². The van der Waals surface area contributed by atoms with Gasteiger partial charge in [-0.25, -0.2) is 4.21 Å². The first-order valence-electron chi connectivity index (χ1n) is 8.88. The number of hydrogen-bond donors (Lipinski definition) is 0. The van der Waals surface area contributed by atoms with E-state index in [0.29, 0.717) is 17.8 Å². The molecule has 130 valence electrons. The zero-order valence-electron chi connectivity index (χ0n) is 15.5. The molecule has 1 aromatic rings. The summed E-state index contributed by atoms with van der Waals surface area (Å²) < 4.78 is 18.7. The summed E-state index contributed by atoms with van der Waals surface area (Å²) >= 11 is -1.37. The van der Waals surface area contributed by atoms with E-state index in [2.05, 4.69) is 53.7 Å². The van der Waals surface area contributed by atoms with Gasteiger partial charge in [0.2, 0.25) is 0 Å². The SMILES string of the molecule is CC(C)[C@@H]1CC[C@@H](C)C[C@H]1OS(=O)c1ccc(C(C)(C)C)cc1. The quantitative estimate of drug-likeness (QED) is 0.727. The Morgan fingerprint density at radius 2 is 1.74 bits per heavy atom.